The number of para-hydroxylation sites is 1. The molecule has 46 heavy (non-hydrogen) atoms. The lowest BCUT2D eigenvalue weighted by molar-refractivity contribution is -0.128. The minimum Gasteiger partial charge on any atom is -0.337 e. The quantitative estimate of drug-likeness (QED) is 0.145. The molecule has 0 radical (unpaired) electrons. The topological polar surface area (TPSA) is 78.0 Å². The number of hydrogen-bond acceptors (Lipinski definition) is 5. The lowest BCUT2D eigenvalue weighted by atomic mass is 10.1. The maximum Gasteiger partial charge on any atom is 0.296 e. The fourth-order valence-corrected chi connectivity index (χ4v) is 6.48. The first-order chi connectivity index (χ1) is 22.4. The maximum absolute atomic E-state index is 14.1. The molecule has 1 amide bonds. The van der Waals surface area contributed by atoms with Crippen LogP contribution in [0.3, 0.4) is 0 Å². The zero-order valence-electron chi connectivity index (χ0n) is 25.6. The van der Waals surface area contributed by atoms with Gasteiger partial charge in [0.15, 0.2) is 11.0 Å². The van der Waals surface area contributed by atoms with Gasteiger partial charge in [0.05, 0.1) is 22.2 Å². The summed E-state index contributed by atoms with van der Waals surface area (Å²) in [6.45, 7) is 2.94. The molecule has 8 nitrogen and oxygen atoms in total. The van der Waals surface area contributed by atoms with Gasteiger partial charge in [0.1, 0.15) is 5.69 Å². The molecule has 232 valence electrons. The number of nitrogens with zero attached hydrogens (tertiary/aromatic N) is 6. The highest BCUT2D eigenvalue weighted by Crippen LogP contribution is 2.32. The zero-order valence-corrected chi connectivity index (χ0v) is 27.2. The Morgan fingerprint density at radius 1 is 0.826 bits per heavy atom. The summed E-state index contributed by atoms with van der Waals surface area (Å²) in [5.74, 6) is 0.503. The van der Waals surface area contributed by atoms with Crippen LogP contribution in [0.5, 0.6) is 0 Å². The van der Waals surface area contributed by atoms with Crippen molar-refractivity contribution in [3.63, 3.8) is 0 Å². The third kappa shape index (κ3) is 6.56. The van der Waals surface area contributed by atoms with E-state index in [4.69, 9.17) is 11.6 Å². The van der Waals surface area contributed by atoms with Crippen LogP contribution >= 0.6 is 23.4 Å². The highest BCUT2D eigenvalue weighted by molar-refractivity contribution is 7.99. The molecule has 0 fully saturated rings. The zero-order chi connectivity index (χ0) is 32.0. The minimum absolute atomic E-state index is 0.0369. The first kappa shape index (κ1) is 31.1. The Bertz CT molecular complexity index is 2010. The Morgan fingerprint density at radius 2 is 1.43 bits per heavy atom. The molecule has 0 aliphatic heterocycles. The minimum atomic E-state index is -0.235. The van der Waals surface area contributed by atoms with E-state index in [2.05, 4.69) is 22.3 Å². The van der Waals surface area contributed by atoms with Crippen molar-refractivity contribution in [2.24, 2.45) is 7.05 Å². The van der Waals surface area contributed by atoms with Gasteiger partial charge in [-0.3, -0.25) is 18.8 Å². The molecule has 0 aliphatic carbocycles. The molecule has 2 aromatic heterocycles. The molecular formula is C36H33ClN6O2S. The van der Waals surface area contributed by atoms with Crippen LogP contribution in [0.1, 0.15) is 16.8 Å². The second-order valence-corrected chi connectivity index (χ2v) is 12.2. The summed E-state index contributed by atoms with van der Waals surface area (Å²) >= 11 is 7.89. The van der Waals surface area contributed by atoms with Crippen LogP contribution in [0.15, 0.2) is 125 Å². The number of halogens is 1. The molecule has 0 unspecified atom stereocenters. The van der Waals surface area contributed by atoms with Gasteiger partial charge in [-0.2, -0.15) is 0 Å². The van der Waals surface area contributed by atoms with Crippen molar-refractivity contribution in [1.29, 1.82) is 0 Å². The largest absolute Gasteiger partial charge is 0.337 e. The lowest BCUT2D eigenvalue weighted by Crippen LogP contribution is -2.34. The summed E-state index contributed by atoms with van der Waals surface area (Å²) in [7, 11) is 1.84. The molecule has 0 saturated heterocycles. The predicted molar refractivity (Wildman–Crippen MR) is 184 cm³/mol. The summed E-state index contributed by atoms with van der Waals surface area (Å²) in [5, 5.41) is 9.92. The molecular weight excluding hydrogens is 616 g/mol. The van der Waals surface area contributed by atoms with Gasteiger partial charge < -0.3 is 4.90 Å². The fraction of sp³-hybridized carbons (Fsp3) is 0.167. The molecule has 0 spiro atoms. The van der Waals surface area contributed by atoms with E-state index < -0.39 is 0 Å². The van der Waals surface area contributed by atoms with Crippen molar-refractivity contribution in [3.05, 3.63) is 147 Å². The predicted octanol–water partition coefficient (Wildman–Crippen LogP) is 6.75. The number of rotatable bonds is 11. The average Bonchev–Trinajstić information content (AvgIpc) is 3.59. The SMILES string of the molecule is Cc1c(-n2c(SCC(=O)N(CCc3ccccc3)Cc3ccccc3)nnc2-c2ccccc2Cl)c(=O)n(-c2ccccc2)n1C. The number of aromatic nitrogens is 5. The Morgan fingerprint density at radius 3 is 2.11 bits per heavy atom. The van der Waals surface area contributed by atoms with E-state index in [9.17, 15) is 9.59 Å². The van der Waals surface area contributed by atoms with Gasteiger partial charge in [0.25, 0.3) is 5.56 Å². The molecule has 0 aliphatic rings. The molecule has 0 N–H and O–H groups in total. The number of amides is 1. The van der Waals surface area contributed by atoms with Gasteiger partial charge in [0.2, 0.25) is 5.91 Å². The second kappa shape index (κ2) is 14.1. The fourth-order valence-electron chi connectivity index (χ4n) is 5.42. The van der Waals surface area contributed by atoms with Crippen LogP contribution in [0.4, 0.5) is 0 Å². The van der Waals surface area contributed by atoms with Crippen LogP contribution < -0.4 is 5.56 Å². The second-order valence-electron chi connectivity index (χ2n) is 10.9. The Kier molecular flexibility index (Phi) is 9.51. The smallest absolute Gasteiger partial charge is 0.296 e. The Hall–Kier alpha value is -4.86. The van der Waals surface area contributed by atoms with Crippen molar-refractivity contribution in [1.82, 2.24) is 29.0 Å². The van der Waals surface area contributed by atoms with Crippen LogP contribution in [0, 0.1) is 6.92 Å². The normalized spacial score (nSPS) is 11.1. The van der Waals surface area contributed by atoms with Crippen molar-refractivity contribution < 1.29 is 4.79 Å². The summed E-state index contributed by atoms with van der Waals surface area (Å²) in [5.41, 5.74) is 4.46. The van der Waals surface area contributed by atoms with Crippen LogP contribution in [-0.2, 0) is 24.8 Å². The van der Waals surface area contributed by atoms with E-state index in [-0.39, 0.29) is 17.2 Å². The van der Waals surface area contributed by atoms with Crippen molar-refractivity contribution >= 4 is 29.3 Å². The monoisotopic (exact) mass is 648 g/mol. The van der Waals surface area contributed by atoms with Crippen molar-refractivity contribution in [2.75, 3.05) is 12.3 Å². The van der Waals surface area contributed by atoms with Crippen LogP contribution in [-0.4, -0.2) is 47.2 Å². The summed E-state index contributed by atoms with van der Waals surface area (Å²) in [4.78, 5) is 29.9. The molecule has 6 rings (SSSR count). The third-order valence-corrected chi connectivity index (χ3v) is 9.15. The number of thioether (sulfide) groups is 1. The van der Waals surface area contributed by atoms with Crippen molar-refractivity contribution in [3.8, 4) is 22.8 Å². The molecule has 10 heteroatoms. The number of carbonyl (C=O) groups is 1. The van der Waals surface area contributed by atoms with Gasteiger partial charge in [-0.15, -0.1) is 10.2 Å². The highest BCUT2D eigenvalue weighted by atomic mass is 35.5. The van der Waals surface area contributed by atoms with Crippen molar-refractivity contribution in [2.45, 2.75) is 25.0 Å². The highest BCUT2D eigenvalue weighted by Gasteiger charge is 2.27. The molecule has 0 atom stereocenters. The first-order valence-corrected chi connectivity index (χ1v) is 16.3. The van der Waals surface area contributed by atoms with Gasteiger partial charge in [-0.05, 0) is 48.7 Å². The molecule has 6 aromatic rings. The average molecular weight is 649 g/mol. The van der Waals surface area contributed by atoms with E-state index in [1.165, 1.54) is 17.3 Å². The first-order valence-electron chi connectivity index (χ1n) is 15.0. The van der Waals surface area contributed by atoms with E-state index in [1.807, 2.05) is 121 Å². The lowest BCUT2D eigenvalue weighted by Gasteiger charge is -2.23. The molecule has 2 heterocycles. The Labute approximate surface area is 276 Å². The number of benzene rings is 4. The maximum atomic E-state index is 14.1. The standard InChI is InChI=1S/C36H33ClN6O2S/c1-26-33(35(45)43(40(26)2)29-18-10-5-11-19-29)42-34(30-20-12-13-21-31(30)37)38-39-36(42)46-25-32(44)41(24-28-16-8-4-9-17-28)23-22-27-14-6-3-7-15-27/h3-21H,22-25H2,1-2H3. The van der Waals surface area contributed by atoms with Gasteiger partial charge in [-0.25, -0.2) is 4.68 Å². The van der Waals surface area contributed by atoms with E-state index >= 15 is 0 Å². The summed E-state index contributed by atoms with van der Waals surface area (Å²) < 4.78 is 5.17. The van der Waals surface area contributed by atoms with Gasteiger partial charge >= 0.3 is 0 Å². The van der Waals surface area contributed by atoms with Crippen LogP contribution in [0.25, 0.3) is 22.8 Å². The Balaban J connectivity index is 1.36. The number of carbonyl (C=O) groups excluding carboxylic acids is 1. The molecule has 0 saturated carbocycles. The third-order valence-electron chi connectivity index (χ3n) is 7.90. The van der Waals surface area contributed by atoms with Gasteiger partial charge in [0, 0.05) is 25.7 Å². The van der Waals surface area contributed by atoms with Crippen LogP contribution in [0.2, 0.25) is 5.02 Å². The van der Waals surface area contributed by atoms with E-state index in [0.717, 1.165) is 17.7 Å². The van der Waals surface area contributed by atoms with E-state index in [1.54, 1.807) is 15.3 Å². The summed E-state index contributed by atoms with van der Waals surface area (Å²) in [6.07, 6.45) is 0.735. The number of hydrogen-bond donors (Lipinski definition) is 0. The van der Waals surface area contributed by atoms with Gasteiger partial charge in [-0.1, -0.05) is 114 Å². The molecule has 0 bridgehead atoms. The molecule has 4 aromatic carbocycles. The van der Waals surface area contributed by atoms with E-state index in [0.29, 0.717) is 46.0 Å². The summed E-state index contributed by atoms with van der Waals surface area (Å²) in [6, 6.07) is 36.9.